The molecule has 0 radical (unpaired) electrons. The Labute approximate surface area is 125 Å². The van der Waals surface area contributed by atoms with Gasteiger partial charge in [-0.2, -0.15) is 0 Å². The average molecular weight is 308 g/mol. The molecular formula is C15H17FN2O2S. The zero-order valence-electron chi connectivity index (χ0n) is 11.5. The van der Waals surface area contributed by atoms with Crippen LogP contribution in [0, 0.1) is 17.7 Å². The summed E-state index contributed by atoms with van der Waals surface area (Å²) >= 11 is 0. The summed E-state index contributed by atoms with van der Waals surface area (Å²) < 4.78 is 24.6. The van der Waals surface area contributed by atoms with Crippen LogP contribution in [0.5, 0.6) is 0 Å². The van der Waals surface area contributed by atoms with Crippen LogP contribution in [0.25, 0.3) is 0 Å². The molecule has 1 saturated heterocycles. The highest BCUT2D eigenvalue weighted by atomic mass is 32.2. The van der Waals surface area contributed by atoms with Crippen LogP contribution >= 0.6 is 0 Å². The zero-order valence-corrected chi connectivity index (χ0v) is 12.3. The molecule has 1 aliphatic rings. The molecule has 0 atom stereocenters. The number of hydrogen-bond donors (Lipinski definition) is 2. The fourth-order valence-corrected chi connectivity index (χ4v) is 3.46. The van der Waals surface area contributed by atoms with Gasteiger partial charge in [-0.05, 0) is 31.0 Å². The molecular weight excluding hydrogens is 291 g/mol. The van der Waals surface area contributed by atoms with Crippen molar-refractivity contribution in [2.24, 2.45) is 5.73 Å². The van der Waals surface area contributed by atoms with Crippen LogP contribution in [-0.4, -0.2) is 34.2 Å². The maximum Gasteiger partial charge on any atom is 0.252 e. The van der Waals surface area contributed by atoms with Crippen LogP contribution in [0.4, 0.5) is 4.39 Å². The first-order valence-electron chi connectivity index (χ1n) is 6.74. The molecule has 2 rings (SSSR count). The number of carbonyl (C=O) groups excluding carboxylic acids is 1. The number of benzene rings is 1. The minimum Gasteiger partial charge on any atom is -0.349 e. The maximum absolute atomic E-state index is 13.3. The van der Waals surface area contributed by atoms with E-state index in [9.17, 15) is 13.4 Å². The van der Waals surface area contributed by atoms with Gasteiger partial charge in [0.15, 0.2) is 0 Å². The van der Waals surface area contributed by atoms with Crippen molar-refractivity contribution in [1.82, 2.24) is 5.32 Å². The summed E-state index contributed by atoms with van der Waals surface area (Å²) in [6.07, 6.45) is 1.40. The summed E-state index contributed by atoms with van der Waals surface area (Å²) in [6, 6.07) is 3.90. The van der Waals surface area contributed by atoms with Crippen LogP contribution in [0.15, 0.2) is 18.2 Å². The van der Waals surface area contributed by atoms with Crippen LogP contribution < -0.4 is 11.1 Å². The van der Waals surface area contributed by atoms with Crippen molar-refractivity contribution >= 4 is 16.7 Å². The molecule has 6 heteroatoms. The van der Waals surface area contributed by atoms with Crippen molar-refractivity contribution in [3.63, 3.8) is 0 Å². The van der Waals surface area contributed by atoms with E-state index in [4.69, 9.17) is 5.73 Å². The van der Waals surface area contributed by atoms with Crippen molar-refractivity contribution in [1.29, 1.82) is 0 Å². The van der Waals surface area contributed by atoms with Gasteiger partial charge in [0.2, 0.25) is 0 Å². The number of hydrogen-bond acceptors (Lipinski definition) is 3. The second-order valence-corrected chi connectivity index (χ2v) is 6.49. The van der Waals surface area contributed by atoms with Crippen molar-refractivity contribution in [2.45, 2.75) is 18.9 Å². The lowest BCUT2D eigenvalue weighted by Crippen LogP contribution is -2.39. The second-order valence-electron chi connectivity index (χ2n) is 4.79. The summed E-state index contributed by atoms with van der Waals surface area (Å²) in [5.41, 5.74) is 5.97. The molecule has 0 unspecified atom stereocenters. The van der Waals surface area contributed by atoms with E-state index in [2.05, 4.69) is 17.2 Å². The van der Waals surface area contributed by atoms with Gasteiger partial charge < -0.3 is 11.1 Å². The quantitative estimate of drug-likeness (QED) is 0.793. The van der Waals surface area contributed by atoms with Gasteiger partial charge in [-0.25, -0.2) is 4.39 Å². The lowest BCUT2D eigenvalue weighted by atomic mass is 10.1. The van der Waals surface area contributed by atoms with Crippen LogP contribution in [0.2, 0.25) is 0 Å². The van der Waals surface area contributed by atoms with E-state index in [1.807, 2.05) is 0 Å². The SMILES string of the molecule is NCC#Cc1cc(F)ccc1C(=O)NC1CCS(=O)CC1. The van der Waals surface area contributed by atoms with Crippen LogP contribution in [0.1, 0.15) is 28.8 Å². The van der Waals surface area contributed by atoms with E-state index in [0.29, 0.717) is 35.5 Å². The van der Waals surface area contributed by atoms with Crippen molar-refractivity contribution in [2.75, 3.05) is 18.1 Å². The number of nitrogens with two attached hydrogens (primary N) is 1. The Morgan fingerprint density at radius 2 is 2.14 bits per heavy atom. The Balaban J connectivity index is 2.13. The Hall–Kier alpha value is -1.71. The summed E-state index contributed by atoms with van der Waals surface area (Å²) in [7, 11) is -0.769. The molecule has 1 amide bonds. The number of nitrogens with one attached hydrogen (secondary N) is 1. The van der Waals surface area contributed by atoms with Gasteiger partial charge in [-0.1, -0.05) is 11.8 Å². The van der Waals surface area contributed by atoms with Gasteiger partial charge in [0.05, 0.1) is 12.1 Å². The summed E-state index contributed by atoms with van der Waals surface area (Å²) in [5.74, 6) is 5.83. The first kappa shape index (κ1) is 15.7. The highest BCUT2D eigenvalue weighted by molar-refractivity contribution is 7.85. The largest absolute Gasteiger partial charge is 0.349 e. The van der Waals surface area contributed by atoms with Crippen LogP contribution in [0.3, 0.4) is 0 Å². The first-order valence-corrected chi connectivity index (χ1v) is 8.23. The van der Waals surface area contributed by atoms with Gasteiger partial charge in [0, 0.05) is 33.9 Å². The molecule has 0 spiro atoms. The third kappa shape index (κ3) is 4.38. The summed E-state index contributed by atoms with van der Waals surface area (Å²) in [6.45, 7) is 0.145. The third-order valence-electron chi connectivity index (χ3n) is 3.27. The maximum atomic E-state index is 13.3. The lowest BCUT2D eigenvalue weighted by Gasteiger charge is -2.22. The fraction of sp³-hybridized carbons (Fsp3) is 0.400. The predicted molar refractivity (Wildman–Crippen MR) is 80.7 cm³/mol. The molecule has 3 N–H and O–H groups in total. The molecule has 1 fully saturated rings. The molecule has 0 aliphatic carbocycles. The van der Waals surface area contributed by atoms with Gasteiger partial charge >= 0.3 is 0 Å². The van der Waals surface area contributed by atoms with Gasteiger partial charge in [-0.15, -0.1) is 0 Å². The zero-order chi connectivity index (χ0) is 15.2. The summed E-state index contributed by atoms with van der Waals surface area (Å²) in [5, 5.41) is 2.90. The van der Waals surface area contributed by atoms with Gasteiger partial charge in [0.1, 0.15) is 5.82 Å². The number of carbonyl (C=O) groups is 1. The Bertz CT molecular complexity index is 612. The molecule has 1 aliphatic heterocycles. The Morgan fingerprint density at radius 3 is 2.81 bits per heavy atom. The second kappa shape index (κ2) is 7.34. The molecule has 4 nitrogen and oxygen atoms in total. The van der Waals surface area contributed by atoms with Gasteiger partial charge in [0.25, 0.3) is 5.91 Å². The van der Waals surface area contributed by atoms with E-state index in [1.54, 1.807) is 0 Å². The lowest BCUT2D eigenvalue weighted by molar-refractivity contribution is 0.0934. The third-order valence-corrected chi connectivity index (χ3v) is 4.66. The van der Waals surface area contributed by atoms with E-state index < -0.39 is 16.6 Å². The highest BCUT2D eigenvalue weighted by Gasteiger charge is 2.21. The normalized spacial score (nSPS) is 21.2. The van der Waals surface area contributed by atoms with Crippen molar-refractivity contribution in [3.8, 4) is 11.8 Å². The van der Waals surface area contributed by atoms with E-state index in [-0.39, 0.29) is 18.5 Å². The molecule has 0 bridgehead atoms. The smallest absolute Gasteiger partial charge is 0.252 e. The fourth-order valence-electron chi connectivity index (χ4n) is 2.17. The van der Waals surface area contributed by atoms with Gasteiger partial charge in [-0.3, -0.25) is 9.00 Å². The molecule has 1 aromatic carbocycles. The minimum atomic E-state index is -0.769. The molecule has 112 valence electrons. The first-order chi connectivity index (χ1) is 10.1. The monoisotopic (exact) mass is 308 g/mol. The topological polar surface area (TPSA) is 72.2 Å². The van der Waals surface area contributed by atoms with Crippen molar-refractivity contribution in [3.05, 3.63) is 35.1 Å². The van der Waals surface area contributed by atoms with Crippen LogP contribution in [-0.2, 0) is 10.8 Å². The van der Waals surface area contributed by atoms with E-state index in [0.717, 1.165) is 0 Å². The Kier molecular flexibility index (Phi) is 5.48. The van der Waals surface area contributed by atoms with E-state index in [1.165, 1.54) is 18.2 Å². The van der Waals surface area contributed by atoms with Crippen molar-refractivity contribution < 1.29 is 13.4 Å². The average Bonchev–Trinajstić information content (AvgIpc) is 2.47. The molecule has 0 aromatic heterocycles. The molecule has 21 heavy (non-hydrogen) atoms. The highest BCUT2D eigenvalue weighted by Crippen LogP contribution is 2.13. The number of rotatable bonds is 2. The predicted octanol–water partition coefficient (Wildman–Crippen LogP) is 0.777. The minimum absolute atomic E-state index is 0.00979. The Morgan fingerprint density at radius 1 is 1.43 bits per heavy atom. The summed E-state index contributed by atoms with van der Waals surface area (Å²) in [4.78, 5) is 12.3. The number of amides is 1. The molecule has 1 aromatic rings. The molecule has 1 heterocycles. The number of halogens is 1. The standard InChI is InChI=1S/C15H17FN2O2S/c16-12-3-4-14(11(10-12)2-1-7-17)15(19)18-13-5-8-21(20)9-6-13/h3-4,10,13H,5-9,17H2,(H,18,19). The van der Waals surface area contributed by atoms with E-state index >= 15 is 0 Å². The molecule has 0 saturated carbocycles.